The van der Waals surface area contributed by atoms with Crippen molar-refractivity contribution in [3.8, 4) is 0 Å². The molecule has 0 spiro atoms. The molecule has 0 aliphatic rings. The summed E-state index contributed by atoms with van der Waals surface area (Å²) in [5.74, 6) is 0.618. The van der Waals surface area contributed by atoms with Crippen molar-refractivity contribution in [2.75, 3.05) is 0 Å². The van der Waals surface area contributed by atoms with Gasteiger partial charge in [-0.3, -0.25) is 0 Å². The van der Waals surface area contributed by atoms with Gasteiger partial charge in [0.25, 0.3) is 0 Å². The normalized spacial score (nSPS) is 15.4. The number of rotatable bonds is 6. The van der Waals surface area contributed by atoms with Crippen molar-refractivity contribution in [1.29, 1.82) is 0 Å². The van der Waals surface area contributed by atoms with E-state index in [1.54, 1.807) is 0 Å². The number of hydrogen-bond acceptors (Lipinski definition) is 1. The average Bonchev–Trinajstić information content (AvgIpc) is 2.02. The SMILES string of the molecule is CC(C)=CCCC(C)CC(O)C(I)I. The number of alkyl halides is 2. The third kappa shape index (κ3) is 8.47. The summed E-state index contributed by atoms with van der Waals surface area (Å²) in [5.41, 5.74) is 1.39. The van der Waals surface area contributed by atoms with Crippen LogP contribution in [0.4, 0.5) is 0 Å². The van der Waals surface area contributed by atoms with Crippen molar-refractivity contribution in [2.45, 2.75) is 48.1 Å². The lowest BCUT2D eigenvalue weighted by molar-refractivity contribution is 0.165. The lowest BCUT2D eigenvalue weighted by Gasteiger charge is -2.16. The van der Waals surface area contributed by atoms with E-state index in [9.17, 15) is 5.11 Å². The maximum atomic E-state index is 9.67. The highest BCUT2D eigenvalue weighted by Crippen LogP contribution is 2.22. The van der Waals surface area contributed by atoms with Gasteiger partial charge in [-0.2, -0.15) is 0 Å². The summed E-state index contributed by atoms with van der Waals surface area (Å²) in [5, 5.41) is 9.67. The minimum atomic E-state index is -0.155. The van der Waals surface area contributed by atoms with Gasteiger partial charge in [0.15, 0.2) is 0 Å². The second-order valence-corrected chi connectivity index (χ2v) is 9.17. The van der Waals surface area contributed by atoms with Gasteiger partial charge in [0.05, 0.1) is 8.04 Å². The predicted octanol–water partition coefficient (Wildman–Crippen LogP) is 4.32. The zero-order chi connectivity index (χ0) is 11.1. The maximum Gasteiger partial charge on any atom is 0.0884 e. The van der Waals surface area contributed by atoms with E-state index in [0.717, 1.165) is 12.8 Å². The lowest BCUT2D eigenvalue weighted by atomic mass is 9.98. The van der Waals surface area contributed by atoms with Gasteiger partial charge in [-0.05, 0) is 39.0 Å². The molecule has 1 N–H and O–H groups in total. The average molecular weight is 422 g/mol. The van der Waals surface area contributed by atoms with Crippen molar-refractivity contribution in [3.63, 3.8) is 0 Å². The van der Waals surface area contributed by atoms with Crippen molar-refractivity contribution in [1.82, 2.24) is 0 Å². The highest BCUT2D eigenvalue weighted by atomic mass is 127. The molecule has 0 radical (unpaired) electrons. The zero-order valence-corrected chi connectivity index (χ0v) is 13.4. The standard InChI is InChI=1S/C11H20I2O/c1-8(2)5-4-6-9(3)7-10(14)11(12)13/h5,9-11,14H,4,6-7H2,1-3H3. The first-order valence-corrected chi connectivity index (χ1v) is 7.52. The number of halogens is 2. The summed E-state index contributed by atoms with van der Waals surface area (Å²) in [6, 6.07) is 0. The molecule has 0 aromatic carbocycles. The van der Waals surface area contributed by atoms with Crippen molar-refractivity contribution >= 4 is 45.2 Å². The van der Waals surface area contributed by atoms with Crippen LogP contribution in [-0.2, 0) is 0 Å². The van der Waals surface area contributed by atoms with Crippen LogP contribution in [0.5, 0.6) is 0 Å². The Morgan fingerprint density at radius 2 is 1.93 bits per heavy atom. The van der Waals surface area contributed by atoms with E-state index in [1.165, 1.54) is 12.0 Å². The largest absolute Gasteiger partial charge is 0.391 e. The van der Waals surface area contributed by atoms with Crippen molar-refractivity contribution in [2.24, 2.45) is 5.92 Å². The predicted molar refractivity (Wildman–Crippen MR) is 80.3 cm³/mol. The van der Waals surface area contributed by atoms with Gasteiger partial charge in [-0.15, -0.1) is 0 Å². The number of aliphatic hydroxyl groups is 1. The van der Waals surface area contributed by atoms with Crippen LogP contribution in [0, 0.1) is 5.92 Å². The van der Waals surface area contributed by atoms with Gasteiger partial charge < -0.3 is 5.11 Å². The Morgan fingerprint density at radius 3 is 2.36 bits per heavy atom. The second-order valence-electron chi connectivity index (χ2n) is 4.10. The van der Waals surface area contributed by atoms with E-state index in [1.807, 2.05) is 0 Å². The Kier molecular flexibility index (Phi) is 9.02. The Labute approximate surface area is 115 Å². The highest BCUT2D eigenvalue weighted by molar-refractivity contribution is 14.2. The van der Waals surface area contributed by atoms with Crippen LogP contribution in [0.2, 0.25) is 0 Å². The number of allylic oxidation sites excluding steroid dienone is 2. The molecule has 1 nitrogen and oxygen atoms in total. The van der Waals surface area contributed by atoms with E-state index in [0.29, 0.717) is 7.85 Å². The smallest absolute Gasteiger partial charge is 0.0884 e. The van der Waals surface area contributed by atoms with Crippen molar-refractivity contribution in [3.05, 3.63) is 11.6 Å². The molecule has 2 unspecified atom stereocenters. The van der Waals surface area contributed by atoms with Crippen LogP contribution < -0.4 is 0 Å². The molecule has 0 aliphatic heterocycles. The van der Waals surface area contributed by atoms with Crippen LogP contribution in [0.3, 0.4) is 0 Å². The summed E-state index contributed by atoms with van der Waals surface area (Å²) in [6.45, 7) is 6.48. The molecule has 2 atom stereocenters. The minimum Gasteiger partial charge on any atom is -0.391 e. The van der Waals surface area contributed by atoms with Crippen LogP contribution in [0.1, 0.15) is 40.0 Å². The Bertz CT molecular complexity index is 174. The van der Waals surface area contributed by atoms with Gasteiger partial charge in [-0.1, -0.05) is 63.8 Å². The summed E-state index contributed by atoms with van der Waals surface area (Å²) in [4.78, 5) is 0. The molecule has 0 aromatic heterocycles. The van der Waals surface area contributed by atoms with Crippen LogP contribution in [0.25, 0.3) is 0 Å². The van der Waals surface area contributed by atoms with Gasteiger partial charge in [-0.25, -0.2) is 0 Å². The van der Waals surface area contributed by atoms with E-state index >= 15 is 0 Å². The first-order chi connectivity index (χ1) is 6.43. The van der Waals surface area contributed by atoms with E-state index in [4.69, 9.17) is 0 Å². The van der Waals surface area contributed by atoms with Gasteiger partial charge in [0.1, 0.15) is 0 Å². The molecule has 0 aromatic rings. The van der Waals surface area contributed by atoms with E-state index in [-0.39, 0.29) is 6.10 Å². The second kappa shape index (κ2) is 8.33. The minimum absolute atomic E-state index is 0.155. The summed E-state index contributed by atoms with van der Waals surface area (Å²) in [6.07, 6.45) is 5.37. The third-order valence-electron chi connectivity index (χ3n) is 2.15. The first-order valence-electron chi connectivity index (χ1n) is 5.03. The van der Waals surface area contributed by atoms with Crippen LogP contribution in [0.15, 0.2) is 11.6 Å². The van der Waals surface area contributed by atoms with Gasteiger partial charge in [0.2, 0.25) is 0 Å². The fraction of sp³-hybridized carbons (Fsp3) is 0.818. The summed E-state index contributed by atoms with van der Waals surface area (Å²) < 4.78 is 0.330. The molecule has 0 saturated carbocycles. The molecule has 0 amide bonds. The Hall–Kier alpha value is 1.16. The maximum absolute atomic E-state index is 9.67. The molecule has 84 valence electrons. The van der Waals surface area contributed by atoms with Crippen LogP contribution >= 0.6 is 45.2 Å². The molecule has 0 rings (SSSR count). The van der Waals surface area contributed by atoms with Crippen molar-refractivity contribution < 1.29 is 5.11 Å². The fourth-order valence-electron chi connectivity index (χ4n) is 1.29. The van der Waals surface area contributed by atoms with E-state index in [2.05, 4.69) is 72.0 Å². The Balaban J connectivity index is 3.65. The summed E-state index contributed by atoms with van der Waals surface area (Å²) >= 11 is 4.55. The first kappa shape index (κ1) is 15.2. The molecular weight excluding hydrogens is 402 g/mol. The molecule has 0 fully saturated rings. The molecule has 3 heteroatoms. The highest BCUT2D eigenvalue weighted by Gasteiger charge is 2.15. The molecule has 0 heterocycles. The molecule has 0 saturated heterocycles. The van der Waals surface area contributed by atoms with Gasteiger partial charge in [0, 0.05) is 0 Å². The number of aliphatic hydroxyl groups excluding tert-OH is 1. The fourth-order valence-corrected chi connectivity index (χ4v) is 1.88. The quantitative estimate of drug-likeness (QED) is 0.384. The van der Waals surface area contributed by atoms with Crippen LogP contribution in [-0.4, -0.2) is 13.1 Å². The Morgan fingerprint density at radius 1 is 1.36 bits per heavy atom. The molecule has 0 aliphatic carbocycles. The third-order valence-corrected chi connectivity index (χ3v) is 3.81. The molecular formula is C11H20I2O. The lowest BCUT2D eigenvalue weighted by Crippen LogP contribution is -2.17. The number of hydrogen-bond donors (Lipinski definition) is 1. The topological polar surface area (TPSA) is 20.2 Å². The molecule has 0 bridgehead atoms. The van der Waals surface area contributed by atoms with E-state index < -0.39 is 0 Å². The molecule has 14 heavy (non-hydrogen) atoms. The monoisotopic (exact) mass is 422 g/mol. The summed E-state index contributed by atoms with van der Waals surface area (Å²) in [7, 11) is 0. The zero-order valence-electron chi connectivity index (χ0n) is 9.13. The van der Waals surface area contributed by atoms with Gasteiger partial charge >= 0.3 is 0 Å².